The fourth-order valence-electron chi connectivity index (χ4n) is 1.47. The van der Waals surface area contributed by atoms with Crippen molar-refractivity contribution < 1.29 is 9.90 Å². The Morgan fingerprint density at radius 1 is 1.29 bits per heavy atom. The second-order valence-electron chi connectivity index (χ2n) is 3.35. The van der Waals surface area contributed by atoms with Gasteiger partial charge >= 0.3 is 5.97 Å². The molecule has 1 heterocycles. The highest BCUT2D eigenvalue weighted by atomic mass is 35.5. The summed E-state index contributed by atoms with van der Waals surface area (Å²) in [6.45, 7) is 0. The minimum atomic E-state index is -1.36. The Kier molecular flexibility index (Phi) is 2.69. The minimum Gasteiger partial charge on any atom is -0.477 e. The summed E-state index contributed by atoms with van der Waals surface area (Å²) in [5.41, 5.74) is -1.56. The molecule has 0 aliphatic heterocycles. The van der Waals surface area contributed by atoms with Gasteiger partial charge in [0.1, 0.15) is 5.56 Å². The number of H-pyrrole nitrogens is 1. The standard InChI is InChI=1S/C11H6ClNO4/c12-5-1-2-8(14)9-6(3-5)10(15)7(4-13-9)11(16)17/h1-4H,(H,13,15)(H,16,17). The lowest BCUT2D eigenvalue weighted by atomic mass is 10.2. The molecule has 1 aromatic carbocycles. The van der Waals surface area contributed by atoms with Gasteiger partial charge in [0, 0.05) is 11.2 Å². The molecule has 86 valence electrons. The molecule has 0 atom stereocenters. The molecule has 0 spiro atoms. The molecule has 5 nitrogen and oxygen atoms in total. The average Bonchev–Trinajstić information content (AvgIpc) is 2.41. The number of aromatic amines is 1. The van der Waals surface area contributed by atoms with Crippen LogP contribution in [0.15, 0.2) is 34.0 Å². The molecule has 0 amide bonds. The van der Waals surface area contributed by atoms with Gasteiger partial charge in [-0.05, 0) is 18.2 Å². The summed E-state index contributed by atoms with van der Waals surface area (Å²) in [7, 11) is 0. The van der Waals surface area contributed by atoms with Gasteiger partial charge in [0.05, 0.1) is 10.9 Å². The summed E-state index contributed by atoms with van der Waals surface area (Å²) >= 11 is 5.74. The monoisotopic (exact) mass is 251 g/mol. The van der Waals surface area contributed by atoms with E-state index in [0.29, 0.717) is 0 Å². The van der Waals surface area contributed by atoms with Crippen LogP contribution in [0.1, 0.15) is 10.4 Å². The maximum Gasteiger partial charge on any atom is 0.341 e. The molecular formula is C11H6ClNO4. The number of fused-ring (bicyclic) bond motifs is 1. The lowest BCUT2D eigenvalue weighted by Crippen LogP contribution is -2.16. The third-order valence-electron chi connectivity index (χ3n) is 2.27. The maximum atomic E-state index is 11.8. The van der Waals surface area contributed by atoms with Gasteiger partial charge in [-0.25, -0.2) is 4.79 Å². The Bertz CT molecular complexity index is 736. The zero-order chi connectivity index (χ0) is 12.6. The van der Waals surface area contributed by atoms with E-state index >= 15 is 0 Å². The van der Waals surface area contributed by atoms with E-state index in [0.717, 1.165) is 6.20 Å². The van der Waals surface area contributed by atoms with Crippen molar-refractivity contribution in [3.05, 3.63) is 55.4 Å². The largest absolute Gasteiger partial charge is 0.477 e. The van der Waals surface area contributed by atoms with E-state index in [1.165, 1.54) is 18.2 Å². The molecular weight excluding hydrogens is 246 g/mol. The van der Waals surface area contributed by atoms with Crippen LogP contribution in [0, 0.1) is 0 Å². The molecule has 1 aromatic heterocycles. The van der Waals surface area contributed by atoms with Gasteiger partial charge in [-0.3, -0.25) is 9.59 Å². The second-order valence-corrected chi connectivity index (χ2v) is 3.79. The number of aromatic carboxylic acids is 1. The van der Waals surface area contributed by atoms with Gasteiger partial charge in [0.15, 0.2) is 0 Å². The Morgan fingerprint density at radius 3 is 2.65 bits per heavy atom. The van der Waals surface area contributed by atoms with Gasteiger partial charge in [-0.15, -0.1) is 0 Å². The van der Waals surface area contributed by atoms with E-state index in [2.05, 4.69) is 4.98 Å². The molecule has 0 aliphatic carbocycles. The number of halogens is 1. The van der Waals surface area contributed by atoms with Gasteiger partial charge in [-0.1, -0.05) is 11.6 Å². The van der Waals surface area contributed by atoms with Crippen LogP contribution in [-0.2, 0) is 0 Å². The summed E-state index contributed by atoms with van der Waals surface area (Å²) in [6, 6.07) is 3.82. The quantitative estimate of drug-likeness (QED) is 0.798. The molecule has 6 heteroatoms. The van der Waals surface area contributed by atoms with E-state index in [9.17, 15) is 14.4 Å². The third kappa shape index (κ3) is 1.92. The Morgan fingerprint density at radius 2 is 2.00 bits per heavy atom. The summed E-state index contributed by atoms with van der Waals surface area (Å²) in [5, 5.41) is 8.94. The molecule has 0 radical (unpaired) electrons. The van der Waals surface area contributed by atoms with Crippen LogP contribution in [0.5, 0.6) is 0 Å². The molecule has 0 unspecified atom stereocenters. The Labute approximate surface area is 99.3 Å². The molecule has 0 bridgehead atoms. The van der Waals surface area contributed by atoms with Crippen LogP contribution in [0.25, 0.3) is 10.9 Å². The van der Waals surface area contributed by atoms with Gasteiger partial charge in [0.25, 0.3) is 0 Å². The first-order valence-electron chi connectivity index (χ1n) is 4.59. The Balaban J connectivity index is 3.07. The highest BCUT2D eigenvalue weighted by Crippen LogP contribution is 2.10. The predicted molar refractivity (Wildman–Crippen MR) is 62.8 cm³/mol. The molecule has 0 saturated carbocycles. The number of hydrogen-bond donors (Lipinski definition) is 2. The Hall–Kier alpha value is -2.14. The van der Waals surface area contributed by atoms with Crippen molar-refractivity contribution in [2.45, 2.75) is 0 Å². The number of carboxylic acid groups (broad SMARTS) is 1. The number of carboxylic acids is 1. The first-order valence-corrected chi connectivity index (χ1v) is 4.97. The van der Waals surface area contributed by atoms with E-state index in [1.807, 2.05) is 0 Å². The number of rotatable bonds is 1. The van der Waals surface area contributed by atoms with Crippen LogP contribution in [-0.4, -0.2) is 16.1 Å². The molecule has 2 aromatic rings. The van der Waals surface area contributed by atoms with E-state index in [1.54, 1.807) is 0 Å². The average molecular weight is 252 g/mol. The van der Waals surface area contributed by atoms with Crippen LogP contribution in [0.2, 0.25) is 5.02 Å². The normalized spacial score (nSPS) is 10.4. The zero-order valence-corrected chi connectivity index (χ0v) is 9.12. The first-order chi connectivity index (χ1) is 8.00. The molecule has 2 rings (SSSR count). The SMILES string of the molecule is O=C(O)c1c[nH]c2c(=O)ccc(Cl)cc2c1=O. The molecule has 17 heavy (non-hydrogen) atoms. The van der Waals surface area contributed by atoms with Gasteiger partial charge in [0.2, 0.25) is 10.9 Å². The highest BCUT2D eigenvalue weighted by Gasteiger charge is 2.12. The van der Waals surface area contributed by atoms with E-state index in [-0.39, 0.29) is 15.9 Å². The van der Waals surface area contributed by atoms with Crippen LogP contribution < -0.4 is 10.9 Å². The third-order valence-corrected chi connectivity index (χ3v) is 2.51. The number of pyridine rings is 1. The van der Waals surface area contributed by atoms with Crippen molar-refractivity contribution in [1.82, 2.24) is 4.98 Å². The van der Waals surface area contributed by atoms with Crippen molar-refractivity contribution >= 4 is 28.5 Å². The van der Waals surface area contributed by atoms with Crippen molar-refractivity contribution in [1.29, 1.82) is 0 Å². The summed E-state index contributed by atoms with van der Waals surface area (Å²) < 4.78 is 0. The lowest BCUT2D eigenvalue weighted by Gasteiger charge is -1.95. The zero-order valence-electron chi connectivity index (χ0n) is 8.36. The smallest absolute Gasteiger partial charge is 0.341 e. The molecule has 0 saturated heterocycles. The van der Waals surface area contributed by atoms with Crippen molar-refractivity contribution in [2.75, 3.05) is 0 Å². The number of nitrogens with one attached hydrogen (secondary N) is 1. The van der Waals surface area contributed by atoms with Crippen molar-refractivity contribution in [3.8, 4) is 0 Å². The maximum absolute atomic E-state index is 11.8. The van der Waals surface area contributed by atoms with E-state index < -0.39 is 22.4 Å². The summed E-state index contributed by atoms with van der Waals surface area (Å²) in [4.78, 5) is 36.7. The highest BCUT2D eigenvalue weighted by molar-refractivity contribution is 6.31. The van der Waals surface area contributed by atoms with Crippen LogP contribution in [0.3, 0.4) is 0 Å². The topological polar surface area (TPSA) is 87.2 Å². The first kappa shape index (κ1) is 11.3. The van der Waals surface area contributed by atoms with E-state index in [4.69, 9.17) is 16.7 Å². The van der Waals surface area contributed by atoms with Crippen LogP contribution in [0.4, 0.5) is 0 Å². The molecule has 0 fully saturated rings. The van der Waals surface area contributed by atoms with Gasteiger partial charge in [-0.2, -0.15) is 0 Å². The summed E-state index contributed by atoms with van der Waals surface area (Å²) in [6.07, 6.45) is 1.00. The van der Waals surface area contributed by atoms with Crippen LogP contribution >= 0.6 is 11.6 Å². The summed E-state index contributed by atoms with van der Waals surface area (Å²) in [5.74, 6) is -1.36. The number of carbonyl (C=O) groups is 1. The molecule has 2 N–H and O–H groups in total. The number of aromatic nitrogens is 1. The lowest BCUT2D eigenvalue weighted by molar-refractivity contribution is 0.0695. The fourth-order valence-corrected chi connectivity index (χ4v) is 1.64. The van der Waals surface area contributed by atoms with Crippen molar-refractivity contribution in [2.24, 2.45) is 0 Å². The van der Waals surface area contributed by atoms with Crippen molar-refractivity contribution in [3.63, 3.8) is 0 Å². The fraction of sp³-hybridized carbons (Fsp3) is 0. The predicted octanol–water partition coefficient (Wildman–Crippen LogP) is 1.24. The number of hydrogen-bond acceptors (Lipinski definition) is 3. The molecule has 0 aliphatic rings. The minimum absolute atomic E-state index is 0.0342. The second kappa shape index (κ2) is 4.03. The van der Waals surface area contributed by atoms with Gasteiger partial charge < -0.3 is 10.1 Å².